The van der Waals surface area contributed by atoms with Crippen molar-refractivity contribution in [2.75, 3.05) is 19.8 Å². The van der Waals surface area contributed by atoms with Crippen LogP contribution in [0.25, 0.3) is 22.0 Å². The van der Waals surface area contributed by atoms with Gasteiger partial charge in [0.1, 0.15) is 12.2 Å². The third-order valence-electron chi connectivity index (χ3n) is 6.47. The van der Waals surface area contributed by atoms with Crippen molar-refractivity contribution in [2.24, 2.45) is 0 Å². The Morgan fingerprint density at radius 2 is 1.68 bits per heavy atom. The first-order valence-electron chi connectivity index (χ1n) is 12.5. The summed E-state index contributed by atoms with van der Waals surface area (Å²) in [7, 11) is 0. The summed E-state index contributed by atoms with van der Waals surface area (Å²) in [5, 5.41) is 3.10. The van der Waals surface area contributed by atoms with E-state index < -0.39 is 17.5 Å². The van der Waals surface area contributed by atoms with E-state index in [1.54, 1.807) is 25.1 Å². The van der Waals surface area contributed by atoms with Crippen molar-refractivity contribution < 1.29 is 19.1 Å². The molecule has 1 aliphatic carbocycles. The van der Waals surface area contributed by atoms with Gasteiger partial charge in [0.15, 0.2) is 0 Å². The second-order valence-corrected chi connectivity index (χ2v) is 8.82. The number of nitrogens with one attached hydrogen (secondary N) is 2. The van der Waals surface area contributed by atoms with E-state index in [-0.39, 0.29) is 24.7 Å². The van der Waals surface area contributed by atoms with Gasteiger partial charge >= 0.3 is 12.1 Å². The first-order valence-corrected chi connectivity index (χ1v) is 12.5. The molecule has 0 radical (unpaired) electrons. The van der Waals surface area contributed by atoms with E-state index in [1.807, 2.05) is 24.3 Å². The molecule has 2 N–H and O–H groups in total. The number of aromatic amines is 1. The average molecular weight is 507 g/mol. The summed E-state index contributed by atoms with van der Waals surface area (Å²) in [6, 6.07) is 21.6. The van der Waals surface area contributed by atoms with E-state index in [9.17, 15) is 14.4 Å². The highest BCUT2D eigenvalue weighted by molar-refractivity contribution is 5.93. The van der Waals surface area contributed by atoms with Crippen LogP contribution in [0.4, 0.5) is 4.79 Å². The van der Waals surface area contributed by atoms with Crippen LogP contribution in [-0.2, 0) is 9.47 Å². The molecule has 4 aromatic rings. The number of ether oxygens (including phenoxy) is 2. The lowest BCUT2D eigenvalue weighted by atomic mass is 9.98. The zero-order chi connectivity index (χ0) is 26.5. The van der Waals surface area contributed by atoms with E-state index in [4.69, 9.17) is 9.47 Å². The van der Waals surface area contributed by atoms with Gasteiger partial charge in [-0.05, 0) is 47.4 Å². The molecule has 7 heteroatoms. The fourth-order valence-corrected chi connectivity index (χ4v) is 4.70. The van der Waals surface area contributed by atoms with Gasteiger partial charge in [0.05, 0.1) is 6.61 Å². The van der Waals surface area contributed by atoms with Crippen LogP contribution in [0.3, 0.4) is 0 Å². The minimum Gasteiger partial charge on any atom is -0.462 e. The van der Waals surface area contributed by atoms with Crippen LogP contribution >= 0.6 is 0 Å². The zero-order valence-corrected chi connectivity index (χ0v) is 20.9. The largest absolute Gasteiger partial charge is 0.462 e. The second kappa shape index (κ2) is 11.1. The highest BCUT2D eigenvalue weighted by Crippen LogP contribution is 2.44. The molecule has 1 amide bonds. The van der Waals surface area contributed by atoms with E-state index in [1.165, 1.54) is 17.3 Å². The molecule has 0 saturated heterocycles. The maximum absolute atomic E-state index is 12.7. The molecule has 3 aromatic carbocycles. The first-order chi connectivity index (χ1) is 18.6. The number of hydrogen-bond donors (Lipinski definition) is 2. The van der Waals surface area contributed by atoms with E-state index in [0.717, 1.165) is 11.1 Å². The lowest BCUT2D eigenvalue weighted by Gasteiger charge is -2.14. The number of H-pyrrole nitrogens is 1. The van der Waals surface area contributed by atoms with Crippen LogP contribution in [0.1, 0.15) is 46.3 Å². The van der Waals surface area contributed by atoms with Crippen molar-refractivity contribution >= 4 is 23.0 Å². The molecule has 190 valence electrons. The van der Waals surface area contributed by atoms with E-state index in [0.29, 0.717) is 29.4 Å². The molecular weight excluding hydrogens is 480 g/mol. The number of hydrogen-bond acceptors (Lipinski definition) is 5. The summed E-state index contributed by atoms with van der Waals surface area (Å²) in [4.78, 5) is 40.0. The van der Waals surface area contributed by atoms with Crippen molar-refractivity contribution in [1.29, 1.82) is 0 Å². The topological polar surface area (TPSA) is 97.5 Å². The molecule has 1 aromatic heterocycles. The first kappa shape index (κ1) is 24.8. The van der Waals surface area contributed by atoms with Crippen LogP contribution in [0.2, 0.25) is 0 Å². The molecule has 38 heavy (non-hydrogen) atoms. The molecule has 7 nitrogen and oxygen atoms in total. The SMILES string of the molecule is CCOC(=O)c1c[nH]c2ccc(C#CCCNC(=O)OCC3c4ccccc4-c4ccccc43)cc2c1=O. The molecule has 0 spiro atoms. The fraction of sp³-hybridized carbons (Fsp3) is 0.194. The molecule has 0 atom stereocenters. The predicted molar refractivity (Wildman–Crippen MR) is 145 cm³/mol. The molecule has 1 aliphatic rings. The number of aromatic nitrogens is 1. The van der Waals surface area contributed by atoms with Crippen molar-refractivity contribution in [2.45, 2.75) is 19.3 Å². The summed E-state index contributed by atoms with van der Waals surface area (Å²) >= 11 is 0. The lowest BCUT2D eigenvalue weighted by molar-refractivity contribution is 0.0524. The summed E-state index contributed by atoms with van der Waals surface area (Å²) in [6.45, 7) is 2.45. The van der Waals surface area contributed by atoms with Crippen molar-refractivity contribution in [3.8, 4) is 23.0 Å². The van der Waals surface area contributed by atoms with Gasteiger partial charge in [0, 0.05) is 41.5 Å². The molecule has 0 saturated carbocycles. The molecular formula is C31H26N2O5. The minimum atomic E-state index is -0.661. The predicted octanol–water partition coefficient (Wildman–Crippen LogP) is 4.99. The van der Waals surface area contributed by atoms with Gasteiger partial charge in [-0.15, -0.1) is 0 Å². The molecule has 0 fully saturated rings. The summed E-state index contributed by atoms with van der Waals surface area (Å²) in [6.07, 6.45) is 1.28. The van der Waals surface area contributed by atoms with Gasteiger partial charge in [0.2, 0.25) is 5.43 Å². The zero-order valence-electron chi connectivity index (χ0n) is 20.9. The quantitative estimate of drug-likeness (QED) is 0.218. The molecule has 5 rings (SSSR count). The van der Waals surface area contributed by atoms with Crippen LogP contribution < -0.4 is 10.7 Å². The Balaban J connectivity index is 1.16. The number of carbonyl (C=O) groups excluding carboxylic acids is 2. The number of alkyl carbamates (subject to hydrolysis) is 1. The Morgan fingerprint density at radius 3 is 2.39 bits per heavy atom. The van der Waals surface area contributed by atoms with E-state index in [2.05, 4.69) is 46.4 Å². The van der Waals surface area contributed by atoms with Gasteiger partial charge in [-0.2, -0.15) is 0 Å². The summed E-state index contributed by atoms with van der Waals surface area (Å²) in [5.41, 5.74) is 5.47. The number of rotatable bonds is 6. The van der Waals surface area contributed by atoms with Crippen LogP contribution in [0, 0.1) is 11.8 Å². The average Bonchev–Trinajstić information content (AvgIpc) is 3.26. The minimum absolute atomic E-state index is 0.00772. The number of amides is 1. The number of benzene rings is 3. The third kappa shape index (κ3) is 5.02. The Hall–Kier alpha value is -4.83. The van der Waals surface area contributed by atoms with Crippen molar-refractivity contribution in [1.82, 2.24) is 10.3 Å². The molecule has 0 aliphatic heterocycles. The van der Waals surface area contributed by atoms with Gasteiger partial charge in [-0.3, -0.25) is 4.79 Å². The molecule has 0 unspecified atom stereocenters. The standard InChI is InChI=1S/C31H26N2O5/c1-2-37-30(35)26-18-33-28-15-14-20(17-25(28)29(26)34)9-7-8-16-32-31(36)38-19-27-23-12-5-3-10-21(23)22-11-4-6-13-24(22)27/h3-6,10-15,17-18,27H,2,8,16,19H2,1H3,(H,32,36)(H,33,34). The third-order valence-corrected chi connectivity index (χ3v) is 6.47. The van der Waals surface area contributed by atoms with Gasteiger partial charge in [0.25, 0.3) is 0 Å². The maximum atomic E-state index is 12.7. The Labute approximate surface area is 219 Å². The highest BCUT2D eigenvalue weighted by atomic mass is 16.5. The van der Waals surface area contributed by atoms with Crippen LogP contribution in [0.5, 0.6) is 0 Å². The second-order valence-electron chi connectivity index (χ2n) is 8.82. The number of pyridine rings is 1. The molecule has 0 bridgehead atoms. The van der Waals surface area contributed by atoms with Crippen molar-refractivity contribution in [3.63, 3.8) is 0 Å². The highest BCUT2D eigenvalue weighted by Gasteiger charge is 2.28. The Morgan fingerprint density at radius 1 is 0.974 bits per heavy atom. The van der Waals surface area contributed by atoms with Crippen LogP contribution in [0.15, 0.2) is 77.7 Å². The monoisotopic (exact) mass is 506 g/mol. The number of esters is 1. The number of fused-ring (bicyclic) bond motifs is 4. The lowest BCUT2D eigenvalue weighted by Crippen LogP contribution is -2.26. The molecule has 1 heterocycles. The summed E-state index contributed by atoms with van der Waals surface area (Å²) in [5.74, 6) is 5.34. The Kier molecular flexibility index (Phi) is 7.23. The van der Waals surface area contributed by atoms with Gasteiger partial charge < -0.3 is 19.8 Å². The van der Waals surface area contributed by atoms with Crippen LogP contribution in [-0.4, -0.2) is 36.8 Å². The smallest absolute Gasteiger partial charge is 0.407 e. The maximum Gasteiger partial charge on any atom is 0.407 e. The van der Waals surface area contributed by atoms with Gasteiger partial charge in [-0.1, -0.05) is 60.4 Å². The summed E-state index contributed by atoms with van der Waals surface area (Å²) < 4.78 is 10.5. The van der Waals surface area contributed by atoms with E-state index >= 15 is 0 Å². The number of carbonyl (C=O) groups is 2. The Bertz CT molecular complexity index is 1600. The van der Waals surface area contributed by atoms with Gasteiger partial charge in [-0.25, -0.2) is 9.59 Å². The normalized spacial score (nSPS) is 11.7. The van der Waals surface area contributed by atoms with Crippen molar-refractivity contribution in [3.05, 3.63) is 105 Å². The fourth-order valence-electron chi connectivity index (χ4n) is 4.70.